The van der Waals surface area contributed by atoms with Gasteiger partial charge in [-0.2, -0.15) is 4.31 Å². The summed E-state index contributed by atoms with van der Waals surface area (Å²) < 4.78 is 38.0. The Kier molecular flexibility index (Phi) is 8.62. The van der Waals surface area contributed by atoms with E-state index in [2.05, 4.69) is 0 Å². The molecule has 1 amide bonds. The summed E-state index contributed by atoms with van der Waals surface area (Å²) in [6, 6.07) is 12.2. The summed E-state index contributed by atoms with van der Waals surface area (Å²) in [5.74, 6) is -0.661. The van der Waals surface area contributed by atoms with Gasteiger partial charge in [0.2, 0.25) is 10.0 Å². The molecule has 0 heterocycles. The summed E-state index contributed by atoms with van der Waals surface area (Å²) >= 11 is 5.85. The number of amides is 1. The van der Waals surface area contributed by atoms with Gasteiger partial charge in [0.15, 0.2) is 0 Å². The molecule has 0 aliphatic rings. The van der Waals surface area contributed by atoms with Gasteiger partial charge in [-0.15, -0.1) is 0 Å². The third kappa shape index (κ3) is 6.19. The largest absolute Gasteiger partial charge is 0.466 e. The number of sulfonamides is 1. The Morgan fingerprint density at radius 1 is 1.06 bits per heavy atom. The number of esters is 1. The Balaban J connectivity index is 2.31. The third-order valence-corrected chi connectivity index (χ3v) is 6.91. The number of nitrogens with zero attached hydrogens (tertiary/aromatic N) is 1. The van der Waals surface area contributed by atoms with Gasteiger partial charge in [-0.1, -0.05) is 11.6 Å². The summed E-state index contributed by atoms with van der Waals surface area (Å²) in [7, 11) is -4.24. The van der Waals surface area contributed by atoms with Crippen molar-refractivity contribution < 1.29 is 32.7 Å². The normalized spacial score (nSPS) is 11.8. The van der Waals surface area contributed by atoms with E-state index in [9.17, 15) is 18.0 Å². The lowest BCUT2D eigenvalue weighted by Crippen LogP contribution is -2.57. The van der Waals surface area contributed by atoms with Gasteiger partial charge in [0.05, 0.1) is 17.9 Å². The van der Waals surface area contributed by atoms with E-state index in [0.717, 1.165) is 4.31 Å². The van der Waals surface area contributed by atoms with Crippen molar-refractivity contribution in [3.8, 4) is 11.5 Å². The minimum Gasteiger partial charge on any atom is -0.466 e. The van der Waals surface area contributed by atoms with Gasteiger partial charge in [-0.05, 0) is 69.3 Å². The molecule has 2 rings (SSSR count). The van der Waals surface area contributed by atoms with Crippen LogP contribution in [0.15, 0.2) is 53.4 Å². The van der Waals surface area contributed by atoms with Crippen LogP contribution in [0.4, 0.5) is 0 Å². The van der Waals surface area contributed by atoms with Gasteiger partial charge in [-0.25, -0.2) is 13.9 Å². The zero-order valence-electron chi connectivity index (χ0n) is 17.9. The Labute approximate surface area is 191 Å². The molecule has 32 heavy (non-hydrogen) atoms. The van der Waals surface area contributed by atoms with Crippen LogP contribution in [0.5, 0.6) is 11.5 Å². The van der Waals surface area contributed by atoms with E-state index in [1.54, 1.807) is 31.2 Å². The molecule has 0 aliphatic carbocycles. The van der Waals surface area contributed by atoms with E-state index in [0.29, 0.717) is 16.5 Å². The van der Waals surface area contributed by atoms with Gasteiger partial charge in [-0.3, -0.25) is 14.8 Å². The fourth-order valence-corrected chi connectivity index (χ4v) is 4.70. The highest BCUT2D eigenvalue weighted by Crippen LogP contribution is 2.29. The van der Waals surface area contributed by atoms with E-state index in [1.807, 2.05) is 0 Å². The lowest BCUT2D eigenvalue weighted by Gasteiger charge is -2.35. The first-order valence-electron chi connectivity index (χ1n) is 9.69. The van der Waals surface area contributed by atoms with Crippen LogP contribution in [-0.4, -0.2) is 48.5 Å². The number of ether oxygens (including phenoxy) is 2. The van der Waals surface area contributed by atoms with Crippen molar-refractivity contribution in [2.24, 2.45) is 0 Å². The van der Waals surface area contributed by atoms with E-state index >= 15 is 0 Å². The van der Waals surface area contributed by atoms with Crippen LogP contribution in [0.2, 0.25) is 5.02 Å². The Morgan fingerprint density at radius 2 is 1.59 bits per heavy atom. The molecule has 0 radical (unpaired) electrons. The zero-order valence-corrected chi connectivity index (χ0v) is 19.4. The number of hydrogen-bond acceptors (Lipinski definition) is 7. The van der Waals surface area contributed by atoms with Gasteiger partial charge in [0, 0.05) is 11.6 Å². The topological polar surface area (TPSA) is 122 Å². The molecule has 0 bridgehead atoms. The van der Waals surface area contributed by atoms with Gasteiger partial charge < -0.3 is 9.47 Å². The van der Waals surface area contributed by atoms with E-state index in [-0.39, 0.29) is 24.5 Å². The summed E-state index contributed by atoms with van der Waals surface area (Å²) in [5.41, 5.74) is -0.224. The van der Waals surface area contributed by atoms with E-state index in [4.69, 9.17) is 26.3 Å². The first kappa shape index (κ1) is 25.6. The first-order valence-corrected chi connectivity index (χ1v) is 11.5. The summed E-state index contributed by atoms with van der Waals surface area (Å²) in [6.07, 6.45) is -0.271. The van der Waals surface area contributed by atoms with Crippen molar-refractivity contribution in [2.75, 3.05) is 13.2 Å². The number of carbonyl (C=O) groups is 2. The van der Waals surface area contributed by atoms with Gasteiger partial charge in [0.1, 0.15) is 17.0 Å². The highest BCUT2D eigenvalue weighted by molar-refractivity contribution is 7.89. The van der Waals surface area contributed by atoms with Crippen LogP contribution in [0.25, 0.3) is 0 Å². The molecule has 0 saturated carbocycles. The molecule has 0 fully saturated rings. The molecule has 174 valence electrons. The fraction of sp³-hybridized carbons (Fsp3) is 0.333. The standard InChI is InChI=1S/C21H25ClN2O7S/c1-4-30-19(25)13-14-24(21(2,3)20(26)23-27)32(28,29)18-11-9-17(10-12-18)31-16-7-5-15(22)6-8-16/h5-12,27H,4,13-14H2,1-3H3,(H,23,26). The maximum atomic E-state index is 13.3. The van der Waals surface area contributed by atoms with Crippen molar-refractivity contribution in [1.82, 2.24) is 9.79 Å². The Morgan fingerprint density at radius 3 is 2.09 bits per heavy atom. The smallest absolute Gasteiger partial charge is 0.307 e. The van der Waals surface area contributed by atoms with E-state index in [1.165, 1.54) is 43.6 Å². The van der Waals surface area contributed by atoms with Crippen LogP contribution >= 0.6 is 11.6 Å². The number of carbonyl (C=O) groups excluding carboxylic acids is 2. The maximum Gasteiger partial charge on any atom is 0.307 e. The third-order valence-electron chi connectivity index (χ3n) is 4.57. The second-order valence-electron chi connectivity index (χ2n) is 7.16. The summed E-state index contributed by atoms with van der Waals surface area (Å²) in [4.78, 5) is 23.9. The number of hydroxylamine groups is 1. The number of halogens is 1. The molecule has 0 aliphatic heterocycles. The lowest BCUT2D eigenvalue weighted by molar-refractivity contribution is -0.144. The Hall–Kier alpha value is -2.66. The highest BCUT2D eigenvalue weighted by Gasteiger charge is 2.42. The van der Waals surface area contributed by atoms with Gasteiger partial charge in [0.25, 0.3) is 5.91 Å². The molecule has 0 aromatic heterocycles. The average molecular weight is 485 g/mol. The number of benzene rings is 2. The zero-order chi connectivity index (χ0) is 23.9. The average Bonchev–Trinajstić information content (AvgIpc) is 2.75. The lowest BCUT2D eigenvalue weighted by atomic mass is 10.1. The van der Waals surface area contributed by atoms with Gasteiger partial charge >= 0.3 is 5.97 Å². The molecule has 2 aromatic rings. The summed E-state index contributed by atoms with van der Waals surface area (Å²) in [6.45, 7) is 4.08. The van der Waals surface area contributed by atoms with E-state index < -0.39 is 27.4 Å². The summed E-state index contributed by atoms with van der Waals surface area (Å²) in [5, 5.41) is 9.63. The minimum atomic E-state index is -4.24. The monoisotopic (exact) mass is 484 g/mol. The van der Waals surface area contributed by atoms with Crippen molar-refractivity contribution >= 4 is 33.5 Å². The number of rotatable bonds is 10. The molecule has 0 saturated heterocycles. The highest BCUT2D eigenvalue weighted by atomic mass is 35.5. The van der Waals surface area contributed by atoms with Crippen LogP contribution in [0, 0.1) is 0 Å². The number of hydrogen-bond donors (Lipinski definition) is 2. The predicted octanol–water partition coefficient (Wildman–Crippen LogP) is 3.36. The van der Waals surface area contributed by atoms with Crippen LogP contribution in [0.3, 0.4) is 0 Å². The van der Waals surface area contributed by atoms with Crippen LogP contribution in [-0.2, 0) is 24.3 Å². The SMILES string of the molecule is CCOC(=O)CCN(C(C)(C)C(=O)NO)S(=O)(=O)c1ccc(Oc2ccc(Cl)cc2)cc1. The number of nitrogens with one attached hydrogen (secondary N) is 1. The molecule has 9 nitrogen and oxygen atoms in total. The molecular formula is C21H25ClN2O7S. The molecule has 0 spiro atoms. The Bertz CT molecular complexity index is 1040. The van der Waals surface area contributed by atoms with Crippen LogP contribution < -0.4 is 10.2 Å². The van der Waals surface area contributed by atoms with Crippen molar-refractivity contribution in [3.63, 3.8) is 0 Å². The molecule has 0 atom stereocenters. The minimum absolute atomic E-state index is 0.122. The second-order valence-corrected chi connectivity index (χ2v) is 9.46. The predicted molar refractivity (Wildman–Crippen MR) is 117 cm³/mol. The van der Waals surface area contributed by atoms with Crippen molar-refractivity contribution in [2.45, 2.75) is 37.6 Å². The first-order chi connectivity index (χ1) is 15.0. The molecule has 11 heteroatoms. The molecular weight excluding hydrogens is 460 g/mol. The quantitative estimate of drug-likeness (QED) is 0.301. The second kappa shape index (κ2) is 10.8. The maximum absolute atomic E-state index is 13.3. The fourth-order valence-electron chi connectivity index (χ4n) is 2.82. The molecule has 2 N–H and O–H groups in total. The molecule has 2 aromatic carbocycles. The molecule has 0 unspecified atom stereocenters. The van der Waals surface area contributed by atoms with Crippen molar-refractivity contribution in [1.29, 1.82) is 0 Å². The van der Waals surface area contributed by atoms with Crippen LogP contribution in [0.1, 0.15) is 27.2 Å². The van der Waals surface area contributed by atoms with Crippen molar-refractivity contribution in [3.05, 3.63) is 53.6 Å².